The van der Waals surface area contributed by atoms with Crippen LogP contribution in [0.3, 0.4) is 0 Å². The molecule has 0 saturated heterocycles. The van der Waals surface area contributed by atoms with Gasteiger partial charge in [0.15, 0.2) is 0 Å². The Labute approximate surface area is 129 Å². The molecule has 0 unspecified atom stereocenters. The Hall–Kier alpha value is -1.29. The molecule has 0 spiro atoms. The van der Waals surface area contributed by atoms with Gasteiger partial charge in [-0.25, -0.2) is 4.79 Å². The molecule has 0 aromatic heterocycles. The molecule has 1 rings (SSSR count). The minimum atomic E-state index is -0.478. The van der Waals surface area contributed by atoms with Crippen LogP contribution in [0.15, 0.2) is 34.8 Å². The first-order chi connectivity index (χ1) is 9.17. The van der Waals surface area contributed by atoms with E-state index in [1.54, 1.807) is 0 Å². The van der Waals surface area contributed by atoms with Crippen LogP contribution in [0, 0.1) is 0 Å². The maximum Gasteiger partial charge on any atom is 0.408 e. The molecule has 0 aliphatic rings. The van der Waals surface area contributed by atoms with Gasteiger partial charge in [0.1, 0.15) is 5.60 Å². The second-order valence-electron chi connectivity index (χ2n) is 5.79. The fourth-order valence-corrected chi connectivity index (χ4v) is 1.98. The van der Waals surface area contributed by atoms with Crippen molar-refractivity contribution in [1.29, 1.82) is 0 Å². The zero-order valence-electron chi connectivity index (χ0n) is 12.7. The maximum absolute atomic E-state index is 11.7. The molecule has 1 N–H and O–H groups in total. The summed E-state index contributed by atoms with van der Waals surface area (Å²) in [5, 5.41) is 2.80. The fourth-order valence-electron chi connectivity index (χ4n) is 1.72. The molecule has 1 aromatic rings. The van der Waals surface area contributed by atoms with Gasteiger partial charge in [0, 0.05) is 10.5 Å². The second kappa shape index (κ2) is 6.93. The number of rotatable bonds is 3. The monoisotopic (exact) mass is 339 g/mol. The van der Waals surface area contributed by atoms with Gasteiger partial charge in [-0.15, -0.1) is 0 Å². The predicted octanol–water partition coefficient (Wildman–Crippen LogP) is 4.77. The molecule has 1 atom stereocenters. The lowest BCUT2D eigenvalue weighted by Crippen LogP contribution is -2.36. The SMILES string of the molecule is CC(=C[C@@H](C)NC(=O)OC(C)(C)C)c1ccc(Br)cc1. The Morgan fingerprint density at radius 2 is 1.85 bits per heavy atom. The summed E-state index contributed by atoms with van der Waals surface area (Å²) in [4.78, 5) is 11.7. The lowest BCUT2D eigenvalue weighted by Gasteiger charge is -2.21. The summed E-state index contributed by atoms with van der Waals surface area (Å²) < 4.78 is 6.28. The van der Waals surface area contributed by atoms with Crippen molar-refractivity contribution in [2.24, 2.45) is 0 Å². The number of benzene rings is 1. The molecular weight excluding hydrogens is 318 g/mol. The molecule has 3 nitrogen and oxygen atoms in total. The Morgan fingerprint density at radius 3 is 2.35 bits per heavy atom. The number of alkyl carbamates (subject to hydrolysis) is 1. The van der Waals surface area contributed by atoms with E-state index in [4.69, 9.17) is 4.74 Å². The van der Waals surface area contributed by atoms with Gasteiger partial charge in [-0.2, -0.15) is 0 Å². The van der Waals surface area contributed by atoms with Crippen molar-refractivity contribution in [2.45, 2.75) is 46.3 Å². The van der Waals surface area contributed by atoms with Crippen LogP contribution in [0.5, 0.6) is 0 Å². The Morgan fingerprint density at radius 1 is 1.30 bits per heavy atom. The van der Waals surface area contributed by atoms with Gasteiger partial charge in [0.05, 0.1) is 0 Å². The van der Waals surface area contributed by atoms with Gasteiger partial charge >= 0.3 is 6.09 Å². The highest BCUT2D eigenvalue weighted by molar-refractivity contribution is 9.10. The van der Waals surface area contributed by atoms with Crippen LogP contribution in [0.1, 0.15) is 40.2 Å². The molecule has 110 valence electrons. The minimum Gasteiger partial charge on any atom is -0.444 e. The van der Waals surface area contributed by atoms with Crippen LogP contribution in [0.4, 0.5) is 4.79 Å². The van der Waals surface area contributed by atoms with Gasteiger partial charge in [-0.1, -0.05) is 34.1 Å². The van der Waals surface area contributed by atoms with Crippen LogP contribution >= 0.6 is 15.9 Å². The van der Waals surface area contributed by atoms with Crippen molar-refractivity contribution >= 4 is 27.6 Å². The molecule has 0 heterocycles. The molecule has 1 amide bonds. The third-order valence-electron chi connectivity index (χ3n) is 2.54. The smallest absolute Gasteiger partial charge is 0.408 e. The van der Waals surface area contributed by atoms with Crippen LogP contribution < -0.4 is 5.32 Å². The highest BCUT2D eigenvalue weighted by Gasteiger charge is 2.16. The molecule has 0 aliphatic carbocycles. The average Bonchev–Trinajstić information content (AvgIpc) is 2.26. The van der Waals surface area contributed by atoms with E-state index < -0.39 is 11.7 Å². The van der Waals surface area contributed by atoms with Crippen molar-refractivity contribution in [2.75, 3.05) is 0 Å². The van der Waals surface area contributed by atoms with Crippen LogP contribution in [-0.2, 0) is 4.74 Å². The third kappa shape index (κ3) is 6.24. The second-order valence-corrected chi connectivity index (χ2v) is 6.71. The van der Waals surface area contributed by atoms with Crippen molar-refractivity contribution in [3.05, 3.63) is 40.4 Å². The molecule has 0 aliphatic heterocycles. The normalized spacial score (nSPS) is 13.8. The number of halogens is 1. The largest absolute Gasteiger partial charge is 0.444 e. The predicted molar refractivity (Wildman–Crippen MR) is 86.6 cm³/mol. The number of ether oxygens (including phenoxy) is 1. The van der Waals surface area contributed by atoms with E-state index in [1.165, 1.54) is 0 Å². The zero-order valence-corrected chi connectivity index (χ0v) is 14.2. The number of carbonyl (C=O) groups excluding carboxylic acids is 1. The number of hydrogen-bond donors (Lipinski definition) is 1. The Bertz CT molecular complexity index is 486. The van der Waals surface area contributed by atoms with E-state index in [2.05, 4.69) is 21.2 Å². The van der Waals surface area contributed by atoms with E-state index in [0.29, 0.717) is 0 Å². The van der Waals surface area contributed by atoms with Crippen molar-refractivity contribution in [1.82, 2.24) is 5.32 Å². The maximum atomic E-state index is 11.7. The third-order valence-corrected chi connectivity index (χ3v) is 3.07. The summed E-state index contributed by atoms with van der Waals surface area (Å²) in [7, 11) is 0. The summed E-state index contributed by atoms with van der Waals surface area (Å²) in [5.41, 5.74) is 1.76. The van der Waals surface area contributed by atoms with E-state index in [-0.39, 0.29) is 6.04 Å². The van der Waals surface area contributed by atoms with E-state index in [9.17, 15) is 4.79 Å². The number of allylic oxidation sites excluding steroid dienone is 1. The molecule has 0 saturated carbocycles. The van der Waals surface area contributed by atoms with Crippen molar-refractivity contribution < 1.29 is 9.53 Å². The fraction of sp³-hybridized carbons (Fsp3) is 0.438. The lowest BCUT2D eigenvalue weighted by molar-refractivity contribution is 0.0518. The van der Waals surface area contributed by atoms with E-state index in [0.717, 1.165) is 15.6 Å². The number of carbonyl (C=O) groups is 1. The van der Waals surface area contributed by atoms with Gasteiger partial charge in [-0.3, -0.25) is 0 Å². The standard InChI is InChI=1S/C16H22BrNO2/c1-11(13-6-8-14(17)9-7-13)10-12(2)18-15(19)20-16(3,4)5/h6-10,12H,1-5H3,(H,18,19)/t12-/m1/s1. The van der Waals surface area contributed by atoms with Crippen LogP contribution in [0.25, 0.3) is 5.57 Å². The van der Waals surface area contributed by atoms with Crippen molar-refractivity contribution in [3.8, 4) is 0 Å². The summed E-state index contributed by atoms with van der Waals surface area (Å²) in [6.45, 7) is 9.49. The number of amides is 1. The highest BCUT2D eigenvalue weighted by atomic mass is 79.9. The van der Waals surface area contributed by atoms with E-state index in [1.807, 2.05) is 65.0 Å². The quantitative estimate of drug-likeness (QED) is 0.861. The summed E-state index contributed by atoms with van der Waals surface area (Å²) in [5.74, 6) is 0. The molecule has 0 radical (unpaired) electrons. The molecule has 4 heteroatoms. The Balaban J connectivity index is 2.64. The van der Waals surface area contributed by atoms with Gasteiger partial charge < -0.3 is 10.1 Å². The molecule has 0 bridgehead atoms. The first-order valence-electron chi connectivity index (χ1n) is 6.61. The molecule has 1 aromatic carbocycles. The van der Waals surface area contributed by atoms with E-state index >= 15 is 0 Å². The summed E-state index contributed by atoms with van der Waals surface area (Å²) in [6.07, 6.45) is 1.61. The zero-order chi connectivity index (χ0) is 15.3. The number of hydrogen-bond acceptors (Lipinski definition) is 2. The lowest BCUT2D eigenvalue weighted by atomic mass is 10.1. The van der Waals surface area contributed by atoms with Gasteiger partial charge in [0.2, 0.25) is 0 Å². The van der Waals surface area contributed by atoms with Gasteiger partial charge in [-0.05, 0) is 57.9 Å². The first-order valence-corrected chi connectivity index (χ1v) is 7.40. The molecule has 20 heavy (non-hydrogen) atoms. The molecule has 0 fully saturated rings. The highest BCUT2D eigenvalue weighted by Crippen LogP contribution is 2.18. The molecular formula is C16H22BrNO2. The van der Waals surface area contributed by atoms with Gasteiger partial charge in [0.25, 0.3) is 0 Å². The first kappa shape index (κ1) is 16.8. The summed E-state index contributed by atoms with van der Waals surface area (Å²) in [6, 6.07) is 7.98. The summed E-state index contributed by atoms with van der Waals surface area (Å²) >= 11 is 3.41. The van der Waals surface area contributed by atoms with Crippen molar-refractivity contribution in [3.63, 3.8) is 0 Å². The van der Waals surface area contributed by atoms with Crippen LogP contribution in [-0.4, -0.2) is 17.7 Å². The topological polar surface area (TPSA) is 38.3 Å². The average molecular weight is 340 g/mol. The Kier molecular flexibility index (Phi) is 5.81. The minimum absolute atomic E-state index is 0.0894. The number of nitrogens with one attached hydrogen (secondary N) is 1. The van der Waals surface area contributed by atoms with Crippen LogP contribution in [0.2, 0.25) is 0 Å².